The summed E-state index contributed by atoms with van der Waals surface area (Å²) in [4.78, 5) is 11.8. The zero-order chi connectivity index (χ0) is 14.5. The second-order valence-electron chi connectivity index (χ2n) is 8.24. The Bertz CT molecular complexity index is 375. The molecule has 0 aromatic carbocycles. The van der Waals surface area contributed by atoms with E-state index in [1.54, 1.807) is 0 Å². The topological polar surface area (TPSA) is 42.9 Å². The molecular formula is C16H30ClNO2. The van der Waals surface area contributed by atoms with Crippen LogP contribution in [-0.2, 0) is 9.53 Å². The van der Waals surface area contributed by atoms with Crippen LogP contribution in [0.3, 0.4) is 0 Å². The summed E-state index contributed by atoms with van der Waals surface area (Å²) < 4.78 is 5.39. The zero-order valence-corrected chi connectivity index (χ0v) is 14.5. The van der Waals surface area contributed by atoms with Gasteiger partial charge in [0.25, 0.3) is 0 Å². The van der Waals surface area contributed by atoms with E-state index in [1.165, 1.54) is 19.3 Å². The van der Waals surface area contributed by atoms with Crippen molar-refractivity contribution in [3.05, 3.63) is 0 Å². The highest BCUT2D eigenvalue weighted by atomic mass is 35.5. The van der Waals surface area contributed by atoms with Crippen LogP contribution in [0.25, 0.3) is 0 Å². The van der Waals surface area contributed by atoms with Crippen molar-refractivity contribution in [1.82, 2.24) is 0 Å². The van der Waals surface area contributed by atoms with E-state index >= 15 is 0 Å². The molecule has 2 fully saturated rings. The van der Waals surface area contributed by atoms with Crippen LogP contribution in [0.2, 0.25) is 0 Å². The predicted molar refractivity (Wildman–Crippen MR) is 75.7 cm³/mol. The lowest BCUT2D eigenvalue weighted by Crippen LogP contribution is -3.00. The SMILES string of the molecule is CC(C)(C)OC(=O)C[NH2+]C1CC2CCC1(C)C2(C)C.[Cl-]. The summed E-state index contributed by atoms with van der Waals surface area (Å²) in [5, 5.41) is 2.23. The van der Waals surface area contributed by atoms with E-state index < -0.39 is 0 Å². The first-order chi connectivity index (χ1) is 8.56. The van der Waals surface area contributed by atoms with Gasteiger partial charge in [0.15, 0.2) is 6.54 Å². The number of rotatable bonds is 3. The molecule has 4 heteroatoms. The molecule has 0 aromatic rings. The lowest BCUT2D eigenvalue weighted by atomic mass is 9.69. The molecule has 0 saturated heterocycles. The van der Waals surface area contributed by atoms with Gasteiger partial charge in [0.2, 0.25) is 0 Å². The molecule has 0 radical (unpaired) electrons. The third-order valence-corrected chi connectivity index (χ3v) is 5.85. The summed E-state index contributed by atoms with van der Waals surface area (Å²) in [5.41, 5.74) is 0.421. The number of halogens is 1. The second-order valence-corrected chi connectivity index (χ2v) is 8.24. The van der Waals surface area contributed by atoms with E-state index in [9.17, 15) is 4.79 Å². The van der Waals surface area contributed by atoms with Crippen molar-refractivity contribution in [2.24, 2.45) is 16.7 Å². The van der Waals surface area contributed by atoms with Gasteiger partial charge in [-0.15, -0.1) is 0 Å². The molecule has 3 atom stereocenters. The van der Waals surface area contributed by atoms with E-state index in [2.05, 4.69) is 26.1 Å². The Morgan fingerprint density at radius 3 is 2.30 bits per heavy atom. The Balaban J connectivity index is 0.00000200. The molecule has 2 bridgehead atoms. The van der Waals surface area contributed by atoms with Crippen molar-refractivity contribution in [3.8, 4) is 0 Å². The number of carbonyl (C=O) groups is 1. The number of ether oxygens (including phenoxy) is 1. The van der Waals surface area contributed by atoms with E-state index in [1.807, 2.05) is 20.8 Å². The first-order valence-electron chi connectivity index (χ1n) is 7.61. The molecular weight excluding hydrogens is 274 g/mol. The highest BCUT2D eigenvalue weighted by Gasteiger charge is 2.63. The van der Waals surface area contributed by atoms with Gasteiger partial charge in [0, 0.05) is 11.8 Å². The van der Waals surface area contributed by atoms with Gasteiger partial charge in [-0.2, -0.15) is 0 Å². The van der Waals surface area contributed by atoms with Crippen LogP contribution in [0.4, 0.5) is 0 Å². The summed E-state index contributed by atoms with van der Waals surface area (Å²) in [6.45, 7) is 13.5. The van der Waals surface area contributed by atoms with Gasteiger partial charge in [0.1, 0.15) is 5.60 Å². The Morgan fingerprint density at radius 2 is 1.90 bits per heavy atom. The number of hydrogen-bond acceptors (Lipinski definition) is 2. The summed E-state index contributed by atoms with van der Waals surface area (Å²) in [5.74, 6) is 0.745. The van der Waals surface area contributed by atoms with Crippen molar-refractivity contribution in [1.29, 1.82) is 0 Å². The van der Waals surface area contributed by atoms with Crippen LogP contribution >= 0.6 is 0 Å². The molecule has 2 N–H and O–H groups in total. The molecule has 2 rings (SSSR count). The Labute approximate surface area is 129 Å². The molecule has 0 aliphatic heterocycles. The number of nitrogens with two attached hydrogens (primary N) is 1. The minimum atomic E-state index is -0.372. The smallest absolute Gasteiger partial charge is 0.362 e. The van der Waals surface area contributed by atoms with E-state index in [0.29, 0.717) is 23.4 Å². The molecule has 2 saturated carbocycles. The average Bonchev–Trinajstić information content (AvgIpc) is 2.56. The fourth-order valence-corrected chi connectivity index (χ4v) is 4.24. The third-order valence-electron chi connectivity index (χ3n) is 5.85. The fourth-order valence-electron chi connectivity index (χ4n) is 4.24. The Kier molecular flexibility index (Phi) is 4.88. The van der Waals surface area contributed by atoms with Crippen LogP contribution in [0.1, 0.15) is 60.8 Å². The minimum Gasteiger partial charge on any atom is -1.00 e. The molecule has 0 spiro atoms. The van der Waals surface area contributed by atoms with Crippen molar-refractivity contribution >= 4 is 5.97 Å². The van der Waals surface area contributed by atoms with Crippen molar-refractivity contribution < 1.29 is 27.3 Å². The average molecular weight is 304 g/mol. The largest absolute Gasteiger partial charge is 1.00 e. The summed E-state index contributed by atoms with van der Waals surface area (Å²) >= 11 is 0. The van der Waals surface area contributed by atoms with Gasteiger partial charge in [0.05, 0.1) is 6.04 Å². The molecule has 118 valence electrons. The van der Waals surface area contributed by atoms with Crippen molar-refractivity contribution in [2.75, 3.05) is 6.54 Å². The number of fused-ring (bicyclic) bond motifs is 2. The maximum Gasteiger partial charge on any atom is 0.362 e. The van der Waals surface area contributed by atoms with Gasteiger partial charge in [-0.05, 0) is 44.9 Å². The van der Waals surface area contributed by atoms with Crippen LogP contribution in [0.5, 0.6) is 0 Å². The van der Waals surface area contributed by atoms with E-state index in [-0.39, 0.29) is 24.0 Å². The van der Waals surface area contributed by atoms with Gasteiger partial charge >= 0.3 is 5.97 Å². The monoisotopic (exact) mass is 303 g/mol. The highest BCUT2D eigenvalue weighted by Crippen LogP contribution is 2.64. The predicted octanol–water partition coefficient (Wildman–Crippen LogP) is -0.890. The maximum atomic E-state index is 11.8. The molecule has 3 unspecified atom stereocenters. The highest BCUT2D eigenvalue weighted by molar-refractivity contribution is 5.70. The zero-order valence-electron chi connectivity index (χ0n) is 13.8. The Morgan fingerprint density at radius 1 is 1.30 bits per heavy atom. The first-order valence-corrected chi connectivity index (χ1v) is 7.61. The van der Waals surface area contributed by atoms with Gasteiger partial charge in [-0.3, -0.25) is 0 Å². The van der Waals surface area contributed by atoms with Crippen LogP contribution in [0.15, 0.2) is 0 Å². The second kappa shape index (κ2) is 5.49. The van der Waals surface area contributed by atoms with Crippen LogP contribution < -0.4 is 17.7 Å². The lowest BCUT2D eigenvalue weighted by molar-refractivity contribution is -0.693. The molecule has 2 aliphatic rings. The molecule has 20 heavy (non-hydrogen) atoms. The van der Waals surface area contributed by atoms with Crippen molar-refractivity contribution in [3.63, 3.8) is 0 Å². The Hall–Kier alpha value is -0.280. The fraction of sp³-hybridized carbons (Fsp3) is 0.938. The summed E-state index contributed by atoms with van der Waals surface area (Å²) in [6, 6.07) is 0.578. The molecule has 0 amide bonds. The van der Waals surface area contributed by atoms with Gasteiger partial charge < -0.3 is 22.5 Å². The van der Waals surface area contributed by atoms with Crippen LogP contribution in [-0.4, -0.2) is 24.2 Å². The van der Waals surface area contributed by atoms with Crippen LogP contribution in [0, 0.1) is 16.7 Å². The lowest BCUT2D eigenvalue weighted by Gasteiger charge is -2.37. The van der Waals surface area contributed by atoms with E-state index in [4.69, 9.17) is 4.74 Å². The summed E-state index contributed by atoms with van der Waals surface area (Å²) in [7, 11) is 0. The molecule has 3 nitrogen and oxygen atoms in total. The van der Waals surface area contributed by atoms with Gasteiger partial charge in [-0.1, -0.05) is 20.8 Å². The first kappa shape index (κ1) is 17.8. The number of hydrogen-bond donors (Lipinski definition) is 1. The molecule has 0 heterocycles. The van der Waals surface area contributed by atoms with E-state index in [0.717, 1.165) is 5.92 Å². The third kappa shape index (κ3) is 2.99. The maximum absolute atomic E-state index is 11.8. The number of quaternary nitrogens is 1. The van der Waals surface area contributed by atoms with Crippen molar-refractivity contribution in [2.45, 2.75) is 72.4 Å². The standard InChI is InChI=1S/C16H29NO2.ClH/c1-14(2,3)19-13(18)10-17-12-9-11-7-8-16(12,6)15(11,4)5;/h11-12,17H,7-10H2,1-6H3;1H. The molecule has 2 aliphatic carbocycles. The molecule has 0 aromatic heterocycles. The number of esters is 1. The number of carbonyl (C=O) groups excluding carboxylic acids is 1. The minimum absolute atomic E-state index is 0. The quantitative estimate of drug-likeness (QED) is 0.688. The van der Waals surface area contributed by atoms with Gasteiger partial charge in [-0.25, -0.2) is 4.79 Å². The normalized spacial score (nSPS) is 34.7. The summed E-state index contributed by atoms with van der Waals surface area (Å²) in [6.07, 6.45) is 3.92.